The third kappa shape index (κ3) is 8.13. The second-order valence-corrected chi connectivity index (χ2v) is 15.7. The Labute approximate surface area is 379 Å². The monoisotopic (exact) mass is 888 g/mol. The second kappa shape index (κ2) is 16.6. The third-order valence-corrected chi connectivity index (χ3v) is 11.5. The number of nitrogens with zero attached hydrogens (tertiary/aromatic N) is 6. The number of halogens is 6. The predicted octanol–water partition coefficient (Wildman–Crippen LogP) is 14.8. The maximum absolute atomic E-state index is 14.4. The van der Waals surface area contributed by atoms with Crippen LogP contribution in [-0.4, -0.2) is 19.5 Å². The van der Waals surface area contributed by atoms with Crippen LogP contribution in [0.25, 0.3) is 95.0 Å². The number of benzene rings is 8. The standard InChI is InChI=1S/C55H30F6N6/c56-54(57,58)43-25-42(26-44(30-43)55(59,60)61)41-19-22-47(53-65-51(35-11-3-1-4-12-35)64-52(66-53)36-13-5-2-6-14-36)50(29-41)67-48-27-39(37-15-7-9-33(23-37)31-62)17-20-45(48)46-21-18-40(28-49(46)67)38-16-8-10-34(24-38)32-63/h1-30H. The van der Waals surface area contributed by atoms with Crippen LogP contribution in [0.5, 0.6) is 0 Å². The van der Waals surface area contributed by atoms with Crippen LogP contribution in [0.2, 0.25) is 0 Å². The molecular weight excluding hydrogens is 859 g/mol. The lowest BCUT2D eigenvalue weighted by molar-refractivity contribution is -0.143. The Balaban J connectivity index is 1.33. The first-order valence-electron chi connectivity index (χ1n) is 20.8. The van der Waals surface area contributed by atoms with E-state index in [1.165, 1.54) is 6.07 Å². The van der Waals surface area contributed by atoms with E-state index in [9.17, 15) is 36.9 Å². The highest BCUT2D eigenvalue weighted by Gasteiger charge is 2.37. The van der Waals surface area contributed by atoms with Gasteiger partial charge in [-0.1, -0.05) is 115 Å². The van der Waals surface area contributed by atoms with Gasteiger partial charge in [0.15, 0.2) is 17.5 Å². The molecule has 322 valence electrons. The molecule has 0 spiro atoms. The molecule has 0 fully saturated rings. The summed E-state index contributed by atoms with van der Waals surface area (Å²) in [7, 11) is 0. The summed E-state index contributed by atoms with van der Waals surface area (Å²) in [6, 6.07) is 54.8. The summed E-state index contributed by atoms with van der Waals surface area (Å²) >= 11 is 0. The zero-order valence-electron chi connectivity index (χ0n) is 34.8. The molecular formula is C55H30F6N6. The highest BCUT2D eigenvalue weighted by Crippen LogP contribution is 2.43. The van der Waals surface area contributed by atoms with Gasteiger partial charge in [0.2, 0.25) is 0 Å². The van der Waals surface area contributed by atoms with Crippen molar-refractivity contribution >= 4 is 21.8 Å². The molecule has 6 nitrogen and oxygen atoms in total. The van der Waals surface area contributed by atoms with Gasteiger partial charge in [-0.15, -0.1) is 0 Å². The normalized spacial score (nSPS) is 11.7. The van der Waals surface area contributed by atoms with Crippen LogP contribution in [0.15, 0.2) is 182 Å². The summed E-state index contributed by atoms with van der Waals surface area (Å²) in [6.45, 7) is 0. The van der Waals surface area contributed by atoms with E-state index in [0.29, 0.717) is 68.3 Å². The molecule has 0 atom stereocenters. The zero-order valence-corrected chi connectivity index (χ0v) is 34.8. The lowest BCUT2D eigenvalue weighted by Gasteiger charge is -2.18. The quantitative estimate of drug-likeness (QED) is 0.149. The molecule has 2 heterocycles. The fraction of sp³-hybridized carbons (Fsp3) is 0.0364. The second-order valence-electron chi connectivity index (χ2n) is 15.7. The summed E-state index contributed by atoms with van der Waals surface area (Å²) in [4.78, 5) is 14.9. The number of nitriles is 2. The zero-order chi connectivity index (χ0) is 46.5. The van der Waals surface area contributed by atoms with E-state index < -0.39 is 23.5 Å². The minimum atomic E-state index is -5.09. The number of hydrogen-bond donors (Lipinski definition) is 0. The van der Waals surface area contributed by atoms with E-state index in [1.54, 1.807) is 48.5 Å². The van der Waals surface area contributed by atoms with Crippen LogP contribution in [-0.2, 0) is 12.4 Å². The summed E-state index contributed by atoms with van der Waals surface area (Å²) in [5.41, 5.74) is 3.98. The Morgan fingerprint density at radius 3 is 1.25 bits per heavy atom. The van der Waals surface area contributed by atoms with Crippen LogP contribution in [0.1, 0.15) is 22.3 Å². The molecule has 2 aromatic heterocycles. The molecule has 67 heavy (non-hydrogen) atoms. The Morgan fingerprint density at radius 1 is 0.373 bits per heavy atom. The van der Waals surface area contributed by atoms with Crippen molar-refractivity contribution in [2.45, 2.75) is 12.4 Å². The van der Waals surface area contributed by atoms with Crippen LogP contribution in [0.3, 0.4) is 0 Å². The lowest BCUT2D eigenvalue weighted by Crippen LogP contribution is -2.11. The maximum Gasteiger partial charge on any atom is 0.416 e. The maximum atomic E-state index is 14.4. The van der Waals surface area contributed by atoms with Crippen molar-refractivity contribution in [3.63, 3.8) is 0 Å². The molecule has 0 aliphatic heterocycles. The van der Waals surface area contributed by atoms with E-state index in [1.807, 2.05) is 114 Å². The van der Waals surface area contributed by atoms with Crippen molar-refractivity contribution in [1.29, 1.82) is 10.5 Å². The fourth-order valence-corrected chi connectivity index (χ4v) is 8.31. The number of aromatic nitrogens is 4. The molecule has 10 aromatic rings. The Morgan fingerprint density at radius 2 is 0.791 bits per heavy atom. The Kier molecular flexibility index (Phi) is 10.4. The van der Waals surface area contributed by atoms with Gasteiger partial charge in [0.1, 0.15) is 0 Å². The lowest BCUT2D eigenvalue weighted by atomic mass is 9.97. The highest BCUT2D eigenvalue weighted by atomic mass is 19.4. The van der Waals surface area contributed by atoms with E-state index in [2.05, 4.69) is 12.1 Å². The van der Waals surface area contributed by atoms with E-state index >= 15 is 0 Å². The third-order valence-electron chi connectivity index (χ3n) is 11.5. The topological polar surface area (TPSA) is 91.2 Å². The van der Waals surface area contributed by atoms with Gasteiger partial charge in [-0.05, 0) is 100 Å². The molecule has 8 aromatic carbocycles. The van der Waals surface area contributed by atoms with E-state index in [0.717, 1.165) is 33.0 Å². The number of hydrogen-bond acceptors (Lipinski definition) is 5. The van der Waals surface area contributed by atoms with Crippen molar-refractivity contribution in [3.8, 4) is 85.4 Å². The Bertz CT molecular complexity index is 3440. The molecule has 12 heteroatoms. The number of rotatable bonds is 7. The molecule has 0 amide bonds. The molecule has 0 bridgehead atoms. The van der Waals surface area contributed by atoms with Gasteiger partial charge in [0.25, 0.3) is 0 Å². The predicted molar refractivity (Wildman–Crippen MR) is 246 cm³/mol. The van der Waals surface area contributed by atoms with Crippen molar-refractivity contribution in [2.75, 3.05) is 0 Å². The van der Waals surface area contributed by atoms with E-state index in [-0.39, 0.29) is 23.0 Å². The molecule has 0 radical (unpaired) electrons. The van der Waals surface area contributed by atoms with Crippen molar-refractivity contribution in [1.82, 2.24) is 19.5 Å². The van der Waals surface area contributed by atoms with Gasteiger partial charge in [-0.25, -0.2) is 15.0 Å². The minimum Gasteiger partial charge on any atom is -0.308 e. The average molecular weight is 889 g/mol. The summed E-state index contributed by atoms with van der Waals surface area (Å²) < 4.78 is 88.1. The average Bonchev–Trinajstić information content (AvgIpc) is 3.68. The first-order chi connectivity index (χ1) is 32.3. The van der Waals surface area contributed by atoms with E-state index in [4.69, 9.17) is 15.0 Å². The molecule has 0 unspecified atom stereocenters. The molecule has 0 aliphatic rings. The van der Waals surface area contributed by atoms with Crippen LogP contribution >= 0.6 is 0 Å². The molecule has 0 saturated carbocycles. The van der Waals surface area contributed by atoms with Gasteiger partial charge < -0.3 is 4.57 Å². The van der Waals surface area contributed by atoms with Gasteiger partial charge in [-0.2, -0.15) is 36.9 Å². The summed E-state index contributed by atoms with van der Waals surface area (Å²) in [5, 5.41) is 21.1. The smallest absolute Gasteiger partial charge is 0.308 e. The van der Waals surface area contributed by atoms with Crippen LogP contribution < -0.4 is 0 Å². The summed E-state index contributed by atoms with van der Waals surface area (Å²) in [6.07, 6.45) is -10.2. The van der Waals surface area contributed by atoms with Crippen molar-refractivity contribution < 1.29 is 26.3 Å². The largest absolute Gasteiger partial charge is 0.416 e. The number of fused-ring (bicyclic) bond motifs is 3. The van der Waals surface area contributed by atoms with Crippen molar-refractivity contribution in [3.05, 3.63) is 204 Å². The first-order valence-corrected chi connectivity index (χ1v) is 20.8. The van der Waals surface area contributed by atoms with Gasteiger partial charge in [0.05, 0.1) is 51.1 Å². The van der Waals surface area contributed by atoms with Crippen molar-refractivity contribution in [2.24, 2.45) is 0 Å². The molecule has 0 saturated heterocycles. The SMILES string of the molecule is N#Cc1cccc(-c2ccc3c4ccc(-c5cccc(C#N)c5)cc4n(-c4cc(-c5cc(C(F)(F)F)cc(C(F)(F)F)c5)ccc4-c4nc(-c5ccccc5)nc(-c5ccccc5)n4)c3c2)c1. The summed E-state index contributed by atoms with van der Waals surface area (Å²) in [5.74, 6) is 0.836. The first kappa shape index (κ1) is 42.1. The van der Waals surface area contributed by atoms with Gasteiger partial charge in [0, 0.05) is 27.5 Å². The van der Waals surface area contributed by atoms with Crippen LogP contribution in [0, 0.1) is 22.7 Å². The number of alkyl halides is 6. The fourth-order valence-electron chi connectivity index (χ4n) is 8.31. The van der Waals surface area contributed by atoms with Crippen LogP contribution in [0.4, 0.5) is 26.3 Å². The molecule has 10 rings (SSSR count). The molecule has 0 aliphatic carbocycles. The Hall–Kier alpha value is -8.87. The van der Waals surface area contributed by atoms with Gasteiger partial charge >= 0.3 is 12.4 Å². The minimum absolute atomic E-state index is 0.0572. The molecule has 0 N–H and O–H groups in total. The highest BCUT2D eigenvalue weighted by molar-refractivity contribution is 6.11. The van der Waals surface area contributed by atoms with Gasteiger partial charge in [-0.3, -0.25) is 0 Å².